The van der Waals surface area contributed by atoms with Gasteiger partial charge in [0.05, 0.1) is 6.10 Å². The Morgan fingerprint density at radius 2 is 1.84 bits per heavy atom. The van der Waals surface area contributed by atoms with Crippen molar-refractivity contribution < 1.29 is 8.95 Å². The molecule has 108 valence electrons. The topological polar surface area (TPSA) is 38.3 Å². The highest BCUT2D eigenvalue weighted by Crippen LogP contribution is 2.13. The van der Waals surface area contributed by atoms with Gasteiger partial charge in [-0.25, -0.2) is 0 Å². The molecule has 0 aliphatic rings. The minimum Gasteiger partial charge on any atom is -0.491 e. The lowest BCUT2D eigenvalue weighted by atomic mass is 10.2. The predicted octanol–water partition coefficient (Wildman–Crippen LogP) is 2.72. The first-order valence-electron chi connectivity index (χ1n) is 6.77. The van der Waals surface area contributed by atoms with E-state index in [0.29, 0.717) is 0 Å². The molecule has 2 atom stereocenters. The van der Waals surface area contributed by atoms with E-state index >= 15 is 0 Å². The highest BCUT2D eigenvalue weighted by atomic mass is 32.2. The van der Waals surface area contributed by atoms with Crippen LogP contribution in [0.5, 0.6) is 5.75 Å². The summed E-state index contributed by atoms with van der Waals surface area (Å²) in [6.07, 6.45) is 2.91. The van der Waals surface area contributed by atoms with Gasteiger partial charge in [-0.3, -0.25) is 4.21 Å². The molecule has 0 fully saturated rings. The number of rotatable bonds is 8. The van der Waals surface area contributed by atoms with E-state index in [-0.39, 0.29) is 11.4 Å². The summed E-state index contributed by atoms with van der Waals surface area (Å²) in [5.41, 5.74) is 1.24. The van der Waals surface area contributed by atoms with Crippen molar-refractivity contribution in [2.45, 2.75) is 45.1 Å². The fourth-order valence-electron chi connectivity index (χ4n) is 1.66. The van der Waals surface area contributed by atoms with E-state index in [0.717, 1.165) is 25.3 Å². The van der Waals surface area contributed by atoms with Crippen LogP contribution in [0.4, 0.5) is 0 Å². The zero-order valence-electron chi connectivity index (χ0n) is 12.3. The highest BCUT2D eigenvalue weighted by Gasteiger charge is 2.04. The van der Waals surface area contributed by atoms with Crippen LogP contribution in [0.15, 0.2) is 24.3 Å². The van der Waals surface area contributed by atoms with Gasteiger partial charge in [0.1, 0.15) is 5.75 Å². The summed E-state index contributed by atoms with van der Waals surface area (Å²) in [6, 6.07) is 8.15. The number of benzene rings is 1. The third-order valence-electron chi connectivity index (χ3n) is 2.92. The molecule has 0 saturated carbocycles. The molecule has 0 amide bonds. The second-order valence-electron chi connectivity index (χ2n) is 5.09. The van der Waals surface area contributed by atoms with Crippen LogP contribution < -0.4 is 10.1 Å². The SMILES string of the molecule is CC(C)Oc1ccc(CNCCC(C)S(C)=O)cc1. The lowest BCUT2D eigenvalue weighted by Gasteiger charge is -2.11. The van der Waals surface area contributed by atoms with E-state index < -0.39 is 10.8 Å². The average Bonchev–Trinajstić information content (AvgIpc) is 2.35. The Hall–Kier alpha value is -0.870. The molecule has 0 aliphatic carbocycles. The van der Waals surface area contributed by atoms with Gasteiger partial charge in [0, 0.05) is 28.9 Å². The van der Waals surface area contributed by atoms with Crippen molar-refractivity contribution in [2.75, 3.05) is 12.8 Å². The minimum atomic E-state index is -0.724. The first-order chi connectivity index (χ1) is 8.99. The normalized spacial score (nSPS) is 14.4. The molecule has 0 bridgehead atoms. The van der Waals surface area contributed by atoms with Crippen molar-refractivity contribution in [1.82, 2.24) is 5.32 Å². The summed E-state index contributed by atoms with van der Waals surface area (Å²) in [4.78, 5) is 0. The fraction of sp³-hybridized carbons (Fsp3) is 0.600. The van der Waals surface area contributed by atoms with Gasteiger partial charge >= 0.3 is 0 Å². The van der Waals surface area contributed by atoms with Gasteiger partial charge in [0.25, 0.3) is 0 Å². The van der Waals surface area contributed by atoms with Gasteiger partial charge in [-0.2, -0.15) is 0 Å². The average molecular weight is 283 g/mol. The lowest BCUT2D eigenvalue weighted by Crippen LogP contribution is -2.20. The molecule has 1 aromatic carbocycles. The largest absolute Gasteiger partial charge is 0.491 e. The molecule has 3 nitrogen and oxygen atoms in total. The summed E-state index contributed by atoms with van der Waals surface area (Å²) in [5, 5.41) is 3.63. The predicted molar refractivity (Wildman–Crippen MR) is 82.1 cm³/mol. The van der Waals surface area contributed by atoms with Crippen LogP contribution in [0.2, 0.25) is 0 Å². The minimum absolute atomic E-state index is 0.209. The molecule has 0 aromatic heterocycles. The van der Waals surface area contributed by atoms with E-state index in [9.17, 15) is 4.21 Å². The summed E-state index contributed by atoms with van der Waals surface area (Å²) < 4.78 is 16.8. The maximum atomic E-state index is 11.2. The van der Waals surface area contributed by atoms with Gasteiger partial charge in [-0.05, 0) is 44.5 Å². The van der Waals surface area contributed by atoms with Crippen LogP contribution in [0.1, 0.15) is 32.8 Å². The van der Waals surface area contributed by atoms with Crippen LogP contribution in [0.25, 0.3) is 0 Å². The monoisotopic (exact) mass is 283 g/mol. The van der Waals surface area contributed by atoms with Crippen LogP contribution in [-0.4, -0.2) is 28.4 Å². The van der Waals surface area contributed by atoms with Crippen molar-refractivity contribution >= 4 is 10.8 Å². The Morgan fingerprint density at radius 3 is 2.37 bits per heavy atom. The zero-order chi connectivity index (χ0) is 14.3. The molecule has 0 heterocycles. The molecule has 0 radical (unpaired) electrons. The third-order valence-corrected chi connectivity index (χ3v) is 4.29. The Labute approximate surface area is 119 Å². The molecule has 0 aliphatic heterocycles. The maximum Gasteiger partial charge on any atom is 0.119 e. The standard InChI is InChI=1S/C15H25NO2S/c1-12(2)18-15-7-5-14(6-8-15)11-16-10-9-13(3)19(4)17/h5-8,12-13,16H,9-11H2,1-4H3. The van der Waals surface area contributed by atoms with Crippen LogP contribution in [0, 0.1) is 0 Å². The van der Waals surface area contributed by atoms with Crippen LogP contribution in [-0.2, 0) is 17.3 Å². The van der Waals surface area contributed by atoms with Gasteiger partial charge in [0.2, 0.25) is 0 Å². The van der Waals surface area contributed by atoms with Gasteiger partial charge in [-0.1, -0.05) is 19.1 Å². The molecular weight excluding hydrogens is 258 g/mol. The number of hydrogen-bond acceptors (Lipinski definition) is 3. The van der Waals surface area contributed by atoms with Crippen LogP contribution in [0.3, 0.4) is 0 Å². The molecule has 4 heteroatoms. The van der Waals surface area contributed by atoms with Crippen molar-refractivity contribution in [1.29, 1.82) is 0 Å². The lowest BCUT2D eigenvalue weighted by molar-refractivity contribution is 0.242. The zero-order valence-corrected chi connectivity index (χ0v) is 13.1. The van der Waals surface area contributed by atoms with Crippen molar-refractivity contribution in [2.24, 2.45) is 0 Å². The Kier molecular flexibility index (Phi) is 7.10. The Balaban J connectivity index is 2.28. The van der Waals surface area contributed by atoms with E-state index in [1.165, 1.54) is 5.56 Å². The molecule has 1 N–H and O–H groups in total. The first-order valence-corrected chi connectivity index (χ1v) is 8.39. The van der Waals surface area contributed by atoms with Gasteiger partial charge in [0.15, 0.2) is 0 Å². The smallest absolute Gasteiger partial charge is 0.119 e. The molecule has 0 saturated heterocycles. The molecule has 2 unspecified atom stereocenters. The van der Waals surface area contributed by atoms with Gasteiger partial charge in [-0.15, -0.1) is 0 Å². The van der Waals surface area contributed by atoms with E-state index in [4.69, 9.17) is 4.74 Å². The molecule has 0 spiro atoms. The Bertz CT molecular complexity index is 390. The number of hydrogen-bond donors (Lipinski definition) is 1. The van der Waals surface area contributed by atoms with Crippen molar-refractivity contribution in [3.63, 3.8) is 0 Å². The number of nitrogens with one attached hydrogen (secondary N) is 1. The second kappa shape index (κ2) is 8.33. The second-order valence-corrected chi connectivity index (χ2v) is 6.89. The quantitative estimate of drug-likeness (QED) is 0.746. The summed E-state index contributed by atoms with van der Waals surface area (Å²) in [5.74, 6) is 0.911. The summed E-state index contributed by atoms with van der Waals surface area (Å²) >= 11 is 0. The molecular formula is C15H25NO2S. The van der Waals surface area contributed by atoms with E-state index in [2.05, 4.69) is 17.4 Å². The maximum absolute atomic E-state index is 11.2. The molecule has 1 aromatic rings. The van der Waals surface area contributed by atoms with Gasteiger partial charge < -0.3 is 10.1 Å². The van der Waals surface area contributed by atoms with Crippen molar-refractivity contribution in [3.8, 4) is 5.75 Å². The van der Waals surface area contributed by atoms with E-state index in [1.807, 2.05) is 32.9 Å². The number of ether oxygens (including phenoxy) is 1. The Morgan fingerprint density at radius 1 is 1.21 bits per heavy atom. The van der Waals surface area contributed by atoms with Crippen molar-refractivity contribution in [3.05, 3.63) is 29.8 Å². The molecule has 19 heavy (non-hydrogen) atoms. The summed E-state index contributed by atoms with van der Waals surface area (Å²) in [7, 11) is -0.724. The highest BCUT2D eigenvalue weighted by molar-refractivity contribution is 7.84. The molecule has 1 rings (SSSR count). The first kappa shape index (κ1) is 16.2. The van der Waals surface area contributed by atoms with E-state index in [1.54, 1.807) is 6.26 Å². The third kappa shape index (κ3) is 6.73. The fourth-order valence-corrected chi connectivity index (χ4v) is 2.11. The van der Waals surface area contributed by atoms with Crippen LogP contribution >= 0.6 is 0 Å². The summed E-state index contributed by atoms with van der Waals surface area (Å²) in [6.45, 7) is 7.80.